The molecule has 3 rings (SSSR count). The summed E-state index contributed by atoms with van der Waals surface area (Å²) in [6.07, 6.45) is 1.80. The Balaban J connectivity index is 1.71. The normalized spacial score (nSPS) is 11.8. The fourth-order valence-corrected chi connectivity index (χ4v) is 3.72. The lowest BCUT2D eigenvalue weighted by Gasteiger charge is -2.15. The highest BCUT2D eigenvalue weighted by atomic mass is 35.5. The summed E-state index contributed by atoms with van der Waals surface area (Å²) in [5.74, 6) is -0.154. The molecule has 1 N–H and O–H groups in total. The molecular formula is C23H22ClF3N2OS. The van der Waals surface area contributed by atoms with Crippen molar-refractivity contribution in [2.24, 2.45) is 0 Å². The fraction of sp³-hybridized carbons (Fsp3) is 0.261. The molecule has 0 bridgehead atoms. The van der Waals surface area contributed by atoms with Crippen LogP contribution in [0.3, 0.4) is 0 Å². The predicted octanol–water partition coefficient (Wildman–Crippen LogP) is 8.30. The van der Waals surface area contributed by atoms with Crippen molar-refractivity contribution in [2.75, 3.05) is 11.9 Å². The molecule has 8 heteroatoms. The SMILES string of the molecule is CCCCCOc1ccc(Nc2nc(/C=C/c3cccc(Cl)c3)cs2)cc1C(F)(F)F. The van der Waals surface area contributed by atoms with E-state index in [4.69, 9.17) is 16.3 Å². The number of aromatic nitrogens is 1. The van der Waals surface area contributed by atoms with Crippen LogP contribution in [0.4, 0.5) is 24.0 Å². The number of nitrogens with one attached hydrogen (secondary N) is 1. The van der Waals surface area contributed by atoms with Crippen LogP contribution in [-0.4, -0.2) is 11.6 Å². The van der Waals surface area contributed by atoms with Gasteiger partial charge in [0.1, 0.15) is 5.75 Å². The number of ether oxygens (including phenoxy) is 1. The Morgan fingerprint density at radius 1 is 1.13 bits per heavy atom. The Morgan fingerprint density at radius 2 is 1.97 bits per heavy atom. The van der Waals surface area contributed by atoms with Crippen molar-refractivity contribution in [1.82, 2.24) is 4.98 Å². The summed E-state index contributed by atoms with van der Waals surface area (Å²) in [6, 6.07) is 11.4. The van der Waals surface area contributed by atoms with Crippen LogP contribution in [-0.2, 0) is 6.18 Å². The van der Waals surface area contributed by atoms with E-state index in [1.807, 2.05) is 42.7 Å². The third-order valence-corrected chi connectivity index (χ3v) is 5.37. The predicted molar refractivity (Wildman–Crippen MR) is 122 cm³/mol. The standard InChI is InChI=1S/C23H22ClF3N2OS/c1-2-3-4-12-30-21-11-10-18(14-20(21)23(25,26)27)28-22-29-19(15-31-22)9-8-16-6-5-7-17(24)13-16/h5-11,13-15H,2-4,12H2,1H3,(H,28,29)/b9-8+. The lowest BCUT2D eigenvalue weighted by Crippen LogP contribution is -2.10. The highest BCUT2D eigenvalue weighted by molar-refractivity contribution is 7.13. The third-order valence-electron chi connectivity index (χ3n) is 4.36. The van der Waals surface area contributed by atoms with Gasteiger partial charge in [-0.2, -0.15) is 13.2 Å². The smallest absolute Gasteiger partial charge is 0.420 e. The van der Waals surface area contributed by atoms with Crippen molar-refractivity contribution < 1.29 is 17.9 Å². The molecule has 0 spiro atoms. The first-order valence-corrected chi connectivity index (χ1v) is 11.1. The number of halogens is 4. The summed E-state index contributed by atoms with van der Waals surface area (Å²) in [5, 5.41) is 5.90. The molecule has 2 aromatic carbocycles. The van der Waals surface area contributed by atoms with Crippen LogP contribution >= 0.6 is 22.9 Å². The molecule has 1 aromatic heterocycles. The number of hydrogen-bond acceptors (Lipinski definition) is 4. The molecule has 0 atom stereocenters. The maximum Gasteiger partial charge on any atom is 0.420 e. The Hall–Kier alpha value is -2.51. The van der Waals surface area contributed by atoms with Crippen molar-refractivity contribution in [1.29, 1.82) is 0 Å². The molecule has 0 amide bonds. The maximum atomic E-state index is 13.5. The first-order valence-electron chi connectivity index (χ1n) is 9.85. The number of anilines is 2. The van der Waals surface area contributed by atoms with Gasteiger partial charge in [0.25, 0.3) is 0 Å². The first kappa shape index (κ1) is 23.2. The van der Waals surface area contributed by atoms with E-state index in [1.54, 1.807) is 12.1 Å². The van der Waals surface area contributed by atoms with Crippen molar-refractivity contribution in [2.45, 2.75) is 32.4 Å². The van der Waals surface area contributed by atoms with Gasteiger partial charge in [0, 0.05) is 16.1 Å². The van der Waals surface area contributed by atoms with E-state index in [-0.39, 0.29) is 12.4 Å². The average molecular weight is 467 g/mol. The molecular weight excluding hydrogens is 445 g/mol. The molecule has 0 radical (unpaired) electrons. The first-order chi connectivity index (χ1) is 14.8. The van der Waals surface area contributed by atoms with Gasteiger partial charge in [-0.05, 0) is 48.4 Å². The molecule has 3 aromatic rings. The molecule has 0 aliphatic carbocycles. The summed E-state index contributed by atoms with van der Waals surface area (Å²) in [6.45, 7) is 2.29. The van der Waals surface area contributed by atoms with Gasteiger partial charge >= 0.3 is 6.18 Å². The highest BCUT2D eigenvalue weighted by Crippen LogP contribution is 2.38. The summed E-state index contributed by atoms with van der Waals surface area (Å²) < 4.78 is 45.9. The Bertz CT molecular complexity index is 1030. The number of hydrogen-bond donors (Lipinski definition) is 1. The number of rotatable bonds is 9. The van der Waals surface area contributed by atoms with Crippen LogP contribution in [0, 0.1) is 0 Å². The van der Waals surface area contributed by atoms with E-state index in [1.165, 1.54) is 17.4 Å². The molecule has 0 aliphatic heterocycles. The van der Waals surface area contributed by atoms with Crippen molar-refractivity contribution in [3.8, 4) is 5.75 Å². The molecule has 0 saturated heterocycles. The molecule has 3 nitrogen and oxygen atoms in total. The van der Waals surface area contributed by atoms with E-state index in [9.17, 15) is 13.2 Å². The molecule has 0 fully saturated rings. The molecule has 0 unspecified atom stereocenters. The molecule has 31 heavy (non-hydrogen) atoms. The van der Waals surface area contributed by atoms with Crippen LogP contribution in [0.15, 0.2) is 47.8 Å². The molecule has 1 heterocycles. The Labute approximate surface area is 188 Å². The topological polar surface area (TPSA) is 34.1 Å². The fourth-order valence-electron chi connectivity index (χ4n) is 2.82. The second kappa shape index (κ2) is 10.7. The van der Waals surface area contributed by atoms with Crippen LogP contribution in [0.2, 0.25) is 5.02 Å². The molecule has 0 aliphatic rings. The van der Waals surface area contributed by atoms with Gasteiger partial charge in [0.2, 0.25) is 0 Å². The van der Waals surface area contributed by atoms with Crippen LogP contribution in [0.5, 0.6) is 5.75 Å². The van der Waals surface area contributed by atoms with Crippen LogP contribution in [0.25, 0.3) is 12.2 Å². The van der Waals surface area contributed by atoms with Gasteiger partial charge in [0.05, 0.1) is 17.9 Å². The van der Waals surface area contributed by atoms with Crippen LogP contribution in [0.1, 0.15) is 43.0 Å². The van der Waals surface area contributed by atoms with E-state index < -0.39 is 11.7 Å². The minimum absolute atomic E-state index is 0.154. The summed E-state index contributed by atoms with van der Waals surface area (Å²) in [5.41, 5.74) is 1.12. The van der Waals surface area contributed by atoms with Gasteiger partial charge in [-0.3, -0.25) is 0 Å². The summed E-state index contributed by atoms with van der Waals surface area (Å²) in [4.78, 5) is 4.40. The van der Waals surface area contributed by atoms with E-state index >= 15 is 0 Å². The van der Waals surface area contributed by atoms with Crippen molar-refractivity contribution in [3.63, 3.8) is 0 Å². The maximum absolute atomic E-state index is 13.5. The minimum Gasteiger partial charge on any atom is -0.493 e. The molecule has 0 saturated carbocycles. The van der Waals surface area contributed by atoms with Gasteiger partial charge in [-0.15, -0.1) is 11.3 Å². The molecule has 164 valence electrons. The number of unbranched alkanes of at least 4 members (excludes halogenated alkanes) is 2. The Kier molecular flexibility index (Phi) is 7.98. The van der Waals surface area contributed by atoms with E-state index in [2.05, 4.69) is 10.3 Å². The number of alkyl halides is 3. The zero-order chi connectivity index (χ0) is 22.3. The second-order valence-corrected chi connectivity index (χ2v) is 8.15. The largest absolute Gasteiger partial charge is 0.493 e. The minimum atomic E-state index is -4.51. The lowest BCUT2D eigenvalue weighted by molar-refractivity contribution is -0.138. The zero-order valence-corrected chi connectivity index (χ0v) is 18.4. The lowest BCUT2D eigenvalue weighted by atomic mass is 10.1. The van der Waals surface area contributed by atoms with E-state index in [0.717, 1.165) is 30.9 Å². The van der Waals surface area contributed by atoms with Gasteiger partial charge < -0.3 is 10.1 Å². The second-order valence-electron chi connectivity index (χ2n) is 6.86. The van der Waals surface area contributed by atoms with E-state index in [0.29, 0.717) is 21.5 Å². The van der Waals surface area contributed by atoms with Gasteiger partial charge in [-0.1, -0.05) is 49.6 Å². The quantitative estimate of drug-likeness (QED) is 0.322. The monoisotopic (exact) mass is 466 g/mol. The Morgan fingerprint density at radius 3 is 2.71 bits per heavy atom. The summed E-state index contributed by atoms with van der Waals surface area (Å²) in [7, 11) is 0. The van der Waals surface area contributed by atoms with Gasteiger partial charge in [0.15, 0.2) is 5.13 Å². The highest BCUT2D eigenvalue weighted by Gasteiger charge is 2.34. The zero-order valence-electron chi connectivity index (χ0n) is 16.9. The van der Waals surface area contributed by atoms with Crippen molar-refractivity contribution in [3.05, 3.63) is 69.7 Å². The number of nitrogens with zero attached hydrogens (tertiary/aromatic N) is 1. The van der Waals surface area contributed by atoms with Crippen molar-refractivity contribution >= 4 is 45.9 Å². The summed E-state index contributed by atoms with van der Waals surface area (Å²) >= 11 is 7.28. The number of thiazole rings is 1. The van der Waals surface area contributed by atoms with Crippen LogP contribution < -0.4 is 10.1 Å². The van der Waals surface area contributed by atoms with Gasteiger partial charge in [-0.25, -0.2) is 4.98 Å². The third kappa shape index (κ3) is 7.01. The number of benzene rings is 2. The average Bonchev–Trinajstić information content (AvgIpc) is 3.17.